The quantitative estimate of drug-likeness (QED) is 0.912. The van der Waals surface area contributed by atoms with E-state index in [1.807, 2.05) is 13.0 Å². The molecule has 6 heteroatoms. The normalized spacial score (nSPS) is 11.7. The van der Waals surface area contributed by atoms with E-state index >= 15 is 0 Å². The van der Waals surface area contributed by atoms with Gasteiger partial charge in [-0.15, -0.1) is 0 Å². The van der Waals surface area contributed by atoms with Crippen LogP contribution in [0.15, 0.2) is 16.7 Å². The van der Waals surface area contributed by atoms with Crippen molar-refractivity contribution < 1.29 is 9.15 Å². The van der Waals surface area contributed by atoms with Crippen LogP contribution in [0, 0.1) is 6.92 Å². The first-order valence-corrected chi connectivity index (χ1v) is 6.91. The molecule has 0 spiro atoms. The van der Waals surface area contributed by atoms with Crippen LogP contribution >= 0.6 is 0 Å². The smallest absolute Gasteiger partial charge is 0.213 e. The highest BCUT2D eigenvalue weighted by molar-refractivity contribution is 5.35. The van der Waals surface area contributed by atoms with Crippen LogP contribution in [-0.4, -0.2) is 22.1 Å². The molecule has 2 heterocycles. The molecule has 0 aliphatic carbocycles. The molecule has 2 aromatic rings. The minimum atomic E-state index is -0.0393. The molecule has 2 rings (SSSR count). The maximum absolute atomic E-state index is 5.74. The Hall–Kier alpha value is -1.95. The van der Waals surface area contributed by atoms with E-state index in [0.717, 1.165) is 17.3 Å². The van der Waals surface area contributed by atoms with Crippen molar-refractivity contribution in [2.24, 2.45) is 0 Å². The van der Waals surface area contributed by atoms with Gasteiger partial charge in [0.15, 0.2) is 5.82 Å². The van der Waals surface area contributed by atoms with E-state index in [2.05, 4.69) is 41.0 Å². The second-order valence-corrected chi connectivity index (χ2v) is 5.97. The minimum absolute atomic E-state index is 0.0393. The van der Waals surface area contributed by atoms with Crippen molar-refractivity contribution >= 4 is 5.82 Å². The fraction of sp³-hybridized carbons (Fsp3) is 0.533. The third-order valence-electron chi connectivity index (χ3n) is 2.89. The van der Waals surface area contributed by atoms with Crippen molar-refractivity contribution in [3.8, 4) is 0 Å². The summed E-state index contributed by atoms with van der Waals surface area (Å²) in [4.78, 5) is 13.0. The van der Waals surface area contributed by atoms with E-state index in [0.29, 0.717) is 24.9 Å². The van der Waals surface area contributed by atoms with Crippen molar-refractivity contribution in [2.45, 2.75) is 46.3 Å². The van der Waals surface area contributed by atoms with Gasteiger partial charge in [0.2, 0.25) is 5.89 Å². The molecule has 2 aromatic heterocycles. The Morgan fingerprint density at radius 2 is 2.05 bits per heavy atom. The lowest BCUT2D eigenvalue weighted by Gasteiger charge is -2.13. The topological polar surface area (TPSA) is 73.1 Å². The third kappa shape index (κ3) is 4.26. The van der Waals surface area contributed by atoms with Crippen LogP contribution in [0.4, 0.5) is 5.82 Å². The van der Waals surface area contributed by atoms with E-state index in [9.17, 15) is 0 Å². The molecule has 0 saturated heterocycles. The SMILES string of the molecule is COCc1nc(C)cc(NCc2ncc(C(C)(C)C)o2)n1. The van der Waals surface area contributed by atoms with Crippen LogP contribution in [0.25, 0.3) is 0 Å². The lowest BCUT2D eigenvalue weighted by atomic mass is 9.94. The molecule has 0 bridgehead atoms. The second-order valence-electron chi connectivity index (χ2n) is 5.97. The molecule has 6 nitrogen and oxygen atoms in total. The number of rotatable bonds is 5. The van der Waals surface area contributed by atoms with Gasteiger partial charge in [-0.05, 0) is 6.92 Å². The number of ether oxygens (including phenoxy) is 1. The summed E-state index contributed by atoms with van der Waals surface area (Å²) in [5, 5.41) is 3.20. The number of aromatic nitrogens is 3. The average Bonchev–Trinajstić information content (AvgIpc) is 2.85. The molecule has 114 valence electrons. The average molecular weight is 290 g/mol. The lowest BCUT2D eigenvalue weighted by molar-refractivity contribution is 0.177. The Labute approximate surface area is 125 Å². The van der Waals surface area contributed by atoms with Gasteiger partial charge in [-0.3, -0.25) is 0 Å². The van der Waals surface area contributed by atoms with Crippen LogP contribution in [-0.2, 0) is 23.3 Å². The summed E-state index contributed by atoms with van der Waals surface area (Å²) >= 11 is 0. The summed E-state index contributed by atoms with van der Waals surface area (Å²) in [5.41, 5.74) is 0.852. The van der Waals surface area contributed by atoms with E-state index in [-0.39, 0.29) is 5.41 Å². The van der Waals surface area contributed by atoms with Gasteiger partial charge in [0.05, 0.1) is 12.7 Å². The lowest BCUT2D eigenvalue weighted by Crippen LogP contribution is -2.09. The molecule has 21 heavy (non-hydrogen) atoms. The third-order valence-corrected chi connectivity index (χ3v) is 2.89. The fourth-order valence-corrected chi connectivity index (χ4v) is 1.82. The molecule has 0 fully saturated rings. The van der Waals surface area contributed by atoms with Crippen molar-refractivity contribution in [2.75, 3.05) is 12.4 Å². The Kier molecular flexibility index (Phi) is 4.57. The number of nitrogens with one attached hydrogen (secondary N) is 1. The summed E-state index contributed by atoms with van der Waals surface area (Å²) in [7, 11) is 1.62. The van der Waals surface area contributed by atoms with Crippen molar-refractivity contribution in [3.63, 3.8) is 0 Å². The number of aryl methyl sites for hydroxylation is 1. The van der Waals surface area contributed by atoms with Crippen molar-refractivity contribution in [1.82, 2.24) is 15.0 Å². The molecule has 0 radical (unpaired) electrons. The zero-order chi connectivity index (χ0) is 15.5. The van der Waals surface area contributed by atoms with Gasteiger partial charge >= 0.3 is 0 Å². The zero-order valence-corrected chi connectivity index (χ0v) is 13.2. The Morgan fingerprint density at radius 3 is 2.67 bits per heavy atom. The van der Waals surface area contributed by atoms with Crippen LogP contribution in [0.3, 0.4) is 0 Å². The monoisotopic (exact) mass is 290 g/mol. The predicted molar refractivity (Wildman–Crippen MR) is 80.0 cm³/mol. The first-order valence-electron chi connectivity index (χ1n) is 6.91. The number of hydrogen-bond donors (Lipinski definition) is 1. The molecule has 1 N–H and O–H groups in total. The van der Waals surface area contributed by atoms with Gasteiger partial charge < -0.3 is 14.5 Å². The minimum Gasteiger partial charge on any atom is -0.443 e. The molecule has 0 aromatic carbocycles. The van der Waals surface area contributed by atoms with E-state index in [1.54, 1.807) is 13.3 Å². The Morgan fingerprint density at radius 1 is 1.29 bits per heavy atom. The van der Waals surface area contributed by atoms with E-state index < -0.39 is 0 Å². The van der Waals surface area contributed by atoms with Crippen LogP contribution in [0.1, 0.15) is 43.9 Å². The molecular weight excluding hydrogens is 268 g/mol. The maximum Gasteiger partial charge on any atom is 0.213 e. The predicted octanol–water partition coefficient (Wildman–Crippen LogP) is 2.83. The van der Waals surface area contributed by atoms with E-state index in [4.69, 9.17) is 9.15 Å². The first-order chi connectivity index (χ1) is 9.88. The van der Waals surface area contributed by atoms with Crippen LogP contribution in [0.5, 0.6) is 0 Å². The molecule has 0 aliphatic heterocycles. The number of anilines is 1. The summed E-state index contributed by atoms with van der Waals surface area (Å²) in [6.07, 6.45) is 1.78. The van der Waals surface area contributed by atoms with Crippen LogP contribution in [0.2, 0.25) is 0 Å². The van der Waals surface area contributed by atoms with Gasteiger partial charge in [0.25, 0.3) is 0 Å². The molecule has 0 saturated carbocycles. The number of methoxy groups -OCH3 is 1. The molecule has 0 unspecified atom stereocenters. The summed E-state index contributed by atoms with van der Waals surface area (Å²) < 4.78 is 10.8. The zero-order valence-electron chi connectivity index (χ0n) is 13.2. The fourth-order valence-electron chi connectivity index (χ4n) is 1.82. The highest BCUT2D eigenvalue weighted by Crippen LogP contribution is 2.22. The summed E-state index contributed by atoms with van der Waals surface area (Å²) in [6, 6.07) is 1.88. The highest BCUT2D eigenvalue weighted by Gasteiger charge is 2.19. The second kappa shape index (κ2) is 6.22. The summed E-state index contributed by atoms with van der Waals surface area (Å²) in [5.74, 6) is 2.91. The van der Waals surface area contributed by atoms with Gasteiger partial charge in [-0.25, -0.2) is 15.0 Å². The summed E-state index contributed by atoms with van der Waals surface area (Å²) in [6.45, 7) is 9.08. The Balaban J connectivity index is 2.04. The molecule has 0 amide bonds. The standard InChI is InChI=1S/C15H22N4O2/c1-10-6-12(19-13(18-10)9-20-5)16-8-14-17-7-11(21-14)15(2,3)4/h6-7H,8-9H2,1-5H3,(H,16,18,19). The number of nitrogens with zero attached hydrogens (tertiary/aromatic N) is 3. The van der Waals surface area contributed by atoms with Gasteiger partial charge in [0.1, 0.15) is 18.2 Å². The molecule has 0 aliphatic rings. The highest BCUT2D eigenvalue weighted by atomic mass is 16.5. The van der Waals surface area contributed by atoms with Crippen molar-refractivity contribution in [3.05, 3.63) is 35.4 Å². The van der Waals surface area contributed by atoms with E-state index in [1.165, 1.54) is 0 Å². The maximum atomic E-state index is 5.74. The van der Waals surface area contributed by atoms with Crippen molar-refractivity contribution in [1.29, 1.82) is 0 Å². The van der Waals surface area contributed by atoms with Crippen LogP contribution < -0.4 is 5.32 Å². The molecular formula is C15H22N4O2. The number of hydrogen-bond acceptors (Lipinski definition) is 6. The number of oxazole rings is 1. The van der Waals surface area contributed by atoms with Gasteiger partial charge in [-0.2, -0.15) is 0 Å². The molecule has 0 atom stereocenters. The largest absolute Gasteiger partial charge is 0.443 e. The first kappa shape index (κ1) is 15.4. The van der Waals surface area contributed by atoms with Gasteiger partial charge in [-0.1, -0.05) is 20.8 Å². The Bertz CT molecular complexity index is 602. The van der Waals surface area contributed by atoms with Gasteiger partial charge in [0, 0.05) is 24.3 Å².